The zero-order valence-corrected chi connectivity index (χ0v) is 19.2. The van der Waals surface area contributed by atoms with Crippen LogP contribution in [0.1, 0.15) is 72.6 Å². The van der Waals surface area contributed by atoms with E-state index in [2.05, 4.69) is 6.92 Å². The minimum Gasteiger partial charge on any atom is -0.381 e. The van der Waals surface area contributed by atoms with Crippen LogP contribution in [-0.2, 0) is 23.9 Å². The molecule has 0 saturated heterocycles. The van der Waals surface area contributed by atoms with Crippen molar-refractivity contribution in [3.8, 4) is 0 Å². The monoisotopic (exact) mass is 432 g/mol. The van der Waals surface area contributed by atoms with Crippen molar-refractivity contribution in [3.05, 3.63) is 11.6 Å². The van der Waals surface area contributed by atoms with Crippen LogP contribution in [0.4, 0.5) is 0 Å². The van der Waals surface area contributed by atoms with Crippen molar-refractivity contribution in [1.82, 2.24) is 0 Å². The Balaban J connectivity index is 1.59. The van der Waals surface area contributed by atoms with Crippen molar-refractivity contribution in [3.63, 3.8) is 0 Å². The molecule has 0 aromatic heterocycles. The number of allylic oxidation sites excluding steroid dienone is 1. The molecule has 4 rings (SSSR count). The molecule has 172 valence electrons. The molecule has 3 saturated carbocycles. The summed E-state index contributed by atoms with van der Waals surface area (Å²) in [6.45, 7) is 7.94. The molecular weight excluding hydrogens is 396 g/mol. The predicted octanol–water partition coefficient (Wildman–Crippen LogP) is 3.40. The SMILES string of the molecule is CCOC(C)OCC(=O)[C@@]1(O)CC[C@H]2[C@@H]3CCC4=CC(=O)CC[C@]4(C)[C@H]3C(=O)C[C@@]21C. The number of aliphatic hydroxyl groups is 1. The topological polar surface area (TPSA) is 89.9 Å². The van der Waals surface area contributed by atoms with E-state index < -0.39 is 17.3 Å². The molecule has 7 atom stereocenters. The van der Waals surface area contributed by atoms with Gasteiger partial charge < -0.3 is 14.6 Å². The van der Waals surface area contributed by atoms with Gasteiger partial charge in [0.15, 0.2) is 17.9 Å². The molecular formula is C25H36O6. The quantitative estimate of drug-likeness (QED) is 0.647. The van der Waals surface area contributed by atoms with E-state index in [1.165, 1.54) is 0 Å². The summed E-state index contributed by atoms with van der Waals surface area (Å²) in [5.74, 6) is 0.103. The molecule has 0 bridgehead atoms. The van der Waals surface area contributed by atoms with Gasteiger partial charge in [-0.15, -0.1) is 0 Å². The molecule has 0 amide bonds. The van der Waals surface area contributed by atoms with Crippen molar-refractivity contribution >= 4 is 17.3 Å². The zero-order valence-electron chi connectivity index (χ0n) is 19.2. The number of rotatable bonds is 6. The van der Waals surface area contributed by atoms with Crippen LogP contribution < -0.4 is 0 Å². The van der Waals surface area contributed by atoms with E-state index in [1.807, 2.05) is 13.8 Å². The van der Waals surface area contributed by atoms with Gasteiger partial charge in [-0.1, -0.05) is 19.4 Å². The number of ether oxygens (including phenoxy) is 2. The van der Waals surface area contributed by atoms with Crippen LogP contribution in [0, 0.1) is 28.6 Å². The second-order valence-corrected chi connectivity index (χ2v) is 10.6. The Kier molecular flexibility index (Phi) is 5.81. The van der Waals surface area contributed by atoms with Crippen LogP contribution in [0.2, 0.25) is 0 Å². The second kappa shape index (κ2) is 7.89. The van der Waals surface area contributed by atoms with E-state index in [0.29, 0.717) is 19.4 Å². The standard InChI is InChI=1S/C25H36O6/c1-5-30-15(2)31-14-21(28)25(29)11-9-19-18-7-6-16-12-17(26)8-10-23(16,3)22(18)20(27)13-24(19,25)4/h12,15,18-19,22,29H,5-11,13-14H2,1-4H3/t15?,18-,19-,22+,23-,24-,25-/m0/s1. The van der Waals surface area contributed by atoms with Crippen LogP contribution >= 0.6 is 0 Å². The fourth-order valence-electron chi connectivity index (χ4n) is 7.44. The first-order valence-electron chi connectivity index (χ1n) is 11.8. The highest BCUT2D eigenvalue weighted by atomic mass is 16.7. The number of ketones is 3. The van der Waals surface area contributed by atoms with Gasteiger partial charge in [0, 0.05) is 30.8 Å². The van der Waals surface area contributed by atoms with Gasteiger partial charge in [-0.2, -0.15) is 0 Å². The third kappa shape index (κ3) is 3.37. The fourth-order valence-corrected chi connectivity index (χ4v) is 7.44. The third-order valence-corrected chi connectivity index (χ3v) is 9.12. The summed E-state index contributed by atoms with van der Waals surface area (Å²) in [5.41, 5.74) is -1.47. The van der Waals surface area contributed by atoms with Crippen LogP contribution in [0.3, 0.4) is 0 Å². The fraction of sp³-hybridized carbons (Fsp3) is 0.800. The number of hydrogen-bond donors (Lipinski definition) is 1. The Morgan fingerprint density at radius 2 is 1.94 bits per heavy atom. The van der Waals surface area contributed by atoms with E-state index in [0.717, 1.165) is 31.3 Å². The van der Waals surface area contributed by atoms with Crippen molar-refractivity contribution in [1.29, 1.82) is 0 Å². The van der Waals surface area contributed by atoms with Gasteiger partial charge in [0.05, 0.1) is 0 Å². The van der Waals surface area contributed by atoms with E-state index in [9.17, 15) is 19.5 Å². The molecule has 0 aliphatic heterocycles. The smallest absolute Gasteiger partial charge is 0.190 e. The van der Waals surface area contributed by atoms with Crippen molar-refractivity contribution in [2.45, 2.75) is 84.5 Å². The lowest BCUT2D eigenvalue weighted by Gasteiger charge is -2.57. The van der Waals surface area contributed by atoms with Crippen LogP contribution in [0.15, 0.2) is 11.6 Å². The van der Waals surface area contributed by atoms with Crippen LogP contribution in [0.5, 0.6) is 0 Å². The molecule has 0 radical (unpaired) electrons. The summed E-state index contributed by atoms with van der Waals surface area (Å²) in [4.78, 5) is 38.7. The maximum absolute atomic E-state index is 13.6. The molecule has 1 unspecified atom stereocenters. The molecule has 0 heterocycles. The van der Waals surface area contributed by atoms with E-state index >= 15 is 0 Å². The Morgan fingerprint density at radius 1 is 1.19 bits per heavy atom. The summed E-state index contributed by atoms with van der Waals surface area (Å²) in [7, 11) is 0. The van der Waals surface area contributed by atoms with Gasteiger partial charge in [0.1, 0.15) is 18.0 Å². The first-order valence-corrected chi connectivity index (χ1v) is 11.8. The van der Waals surface area contributed by atoms with Gasteiger partial charge in [-0.3, -0.25) is 14.4 Å². The Hall–Kier alpha value is -1.37. The van der Waals surface area contributed by atoms with Crippen LogP contribution in [0.25, 0.3) is 0 Å². The minimum absolute atomic E-state index is 0.115. The first kappa shape index (κ1) is 22.8. The van der Waals surface area contributed by atoms with Gasteiger partial charge in [0.2, 0.25) is 0 Å². The summed E-state index contributed by atoms with van der Waals surface area (Å²) in [5, 5.41) is 11.6. The Morgan fingerprint density at radius 3 is 2.65 bits per heavy atom. The average molecular weight is 433 g/mol. The largest absolute Gasteiger partial charge is 0.381 e. The minimum atomic E-state index is -1.55. The molecule has 4 aliphatic carbocycles. The van der Waals surface area contributed by atoms with Crippen LogP contribution in [-0.4, -0.2) is 47.6 Å². The number of Topliss-reactive ketones (excluding diaryl/α,β-unsaturated/α-hetero) is 2. The van der Waals surface area contributed by atoms with E-state index in [-0.39, 0.29) is 53.5 Å². The maximum Gasteiger partial charge on any atom is 0.190 e. The number of hydrogen-bond acceptors (Lipinski definition) is 6. The summed E-state index contributed by atoms with van der Waals surface area (Å²) in [6, 6.07) is 0. The molecule has 6 nitrogen and oxygen atoms in total. The highest BCUT2D eigenvalue weighted by molar-refractivity contribution is 5.94. The van der Waals surface area contributed by atoms with Crippen molar-refractivity contribution in [2.75, 3.05) is 13.2 Å². The van der Waals surface area contributed by atoms with E-state index in [1.54, 1.807) is 13.0 Å². The highest BCUT2D eigenvalue weighted by Gasteiger charge is 2.68. The molecule has 6 heteroatoms. The molecule has 0 spiro atoms. The molecule has 31 heavy (non-hydrogen) atoms. The average Bonchev–Trinajstić information content (AvgIpc) is 2.98. The lowest BCUT2D eigenvalue weighted by Crippen LogP contribution is -2.61. The molecule has 0 aromatic rings. The summed E-state index contributed by atoms with van der Waals surface area (Å²) >= 11 is 0. The van der Waals surface area contributed by atoms with Gasteiger partial charge in [0.25, 0.3) is 0 Å². The highest BCUT2D eigenvalue weighted by Crippen LogP contribution is 2.66. The van der Waals surface area contributed by atoms with Crippen molar-refractivity contribution < 1.29 is 29.0 Å². The summed E-state index contributed by atoms with van der Waals surface area (Å²) < 4.78 is 10.9. The number of carbonyl (C=O) groups is 3. The van der Waals surface area contributed by atoms with Gasteiger partial charge in [-0.25, -0.2) is 0 Å². The molecule has 3 fully saturated rings. The summed E-state index contributed by atoms with van der Waals surface area (Å²) in [6.07, 6.45) is 5.47. The van der Waals surface area contributed by atoms with Gasteiger partial charge in [-0.05, 0) is 69.3 Å². The second-order valence-electron chi connectivity index (χ2n) is 10.6. The lowest BCUT2D eigenvalue weighted by atomic mass is 9.46. The third-order valence-electron chi connectivity index (χ3n) is 9.12. The Bertz CT molecular complexity index is 817. The normalized spacial score (nSPS) is 43.0. The van der Waals surface area contributed by atoms with E-state index in [4.69, 9.17) is 9.47 Å². The predicted molar refractivity (Wildman–Crippen MR) is 114 cm³/mol. The molecule has 0 aromatic carbocycles. The Labute approximate surface area is 184 Å². The molecule has 1 N–H and O–H groups in total. The maximum atomic E-state index is 13.6. The first-order chi connectivity index (χ1) is 14.6. The lowest BCUT2D eigenvalue weighted by molar-refractivity contribution is -0.180. The number of fused-ring (bicyclic) bond motifs is 5. The molecule has 4 aliphatic rings. The van der Waals surface area contributed by atoms with Crippen molar-refractivity contribution in [2.24, 2.45) is 28.6 Å². The van der Waals surface area contributed by atoms with Gasteiger partial charge >= 0.3 is 0 Å². The number of carbonyl (C=O) groups excluding carboxylic acids is 3. The zero-order chi connectivity index (χ0) is 22.6.